The SMILES string of the molecule is Cc1ccc(OCC(=O)Nc2cccc(-c3ccc4nnc(-c5cccs5)n4n3)c2)c(C)c1. The number of nitrogens with one attached hydrogen (secondary N) is 1. The quantitative estimate of drug-likeness (QED) is 0.383. The first-order chi connectivity index (χ1) is 16.1. The fourth-order valence-electron chi connectivity index (χ4n) is 3.56. The van der Waals surface area contributed by atoms with Crippen molar-refractivity contribution >= 4 is 28.6 Å². The van der Waals surface area contributed by atoms with E-state index in [-0.39, 0.29) is 12.5 Å². The van der Waals surface area contributed by atoms with E-state index in [1.54, 1.807) is 15.9 Å². The van der Waals surface area contributed by atoms with Crippen LogP contribution < -0.4 is 10.1 Å². The molecule has 5 rings (SSSR count). The molecule has 0 unspecified atom stereocenters. The minimum atomic E-state index is -0.227. The number of hydrogen-bond donors (Lipinski definition) is 1. The highest BCUT2D eigenvalue weighted by Crippen LogP contribution is 2.26. The topological polar surface area (TPSA) is 81.4 Å². The van der Waals surface area contributed by atoms with Crippen LogP contribution in [0.25, 0.3) is 27.6 Å². The summed E-state index contributed by atoms with van der Waals surface area (Å²) in [6, 6.07) is 21.2. The molecule has 0 atom stereocenters. The van der Waals surface area contributed by atoms with Gasteiger partial charge in [0.1, 0.15) is 5.75 Å². The molecule has 0 saturated carbocycles. The summed E-state index contributed by atoms with van der Waals surface area (Å²) in [7, 11) is 0. The molecule has 33 heavy (non-hydrogen) atoms. The second-order valence-corrected chi connectivity index (χ2v) is 8.62. The monoisotopic (exact) mass is 455 g/mol. The summed E-state index contributed by atoms with van der Waals surface area (Å²) in [5.41, 5.74) is 5.13. The number of fused-ring (bicyclic) bond motifs is 1. The van der Waals surface area contributed by atoms with Gasteiger partial charge in [-0.15, -0.1) is 21.5 Å². The van der Waals surface area contributed by atoms with Gasteiger partial charge >= 0.3 is 0 Å². The van der Waals surface area contributed by atoms with Crippen LogP contribution >= 0.6 is 11.3 Å². The first-order valence-corrected chi connectivity index (χ1v) is 11.3. The van der Waals surface area contributed by atoms with Gasteiger partial charge in [0, 0.05) is 11.3 Å². The zero-order valence-corrected chi connectivity index (χ0v) is 19.0. The summed E-state index contributed by atoms with van der Waals surface area (Å²) in [6.07, 6.45) is 0. The average molecular weight is 456 g/mol. The number of carbonyl (C=O) groups is 1. The molecule has 1 N–H and O–H groups in total. The molecule has 0 bridgehead atoms. The van der Waals surface area contributed by atoms with E-state index >= 15 is 0 Å². The zero-order chi connectivity index (χ0) is 22.8. The van der Waals surface area contributed by atoms with Crippen molar-refractivity contribution in [3.05, 3.63) is 83.2 Å². The average Bonchev–Trinajstić information content (AvgIpc) is 3.48. The van der Waals surface area contributed by atoms with Crippen LogP contribution in [0.3, 0.4) is 0 Å². The Morgan fingerprint density at radius 2 is 1.94 bits per heavy atom. The number of aromatic nitrogens is 4. The maximum absolute atomic E-state index is 12.5. The Kier molecular flexibility index (Phi) is 5.58. The third-order valence-corrected chi connectivity index (χ3v) is 6.00. The Balaban J connectivity index is 1.33. The number of amides is 1. The van der Waals surface area contributed by atoms with E-state index in [0.29, 0.717) is 22.9 Å². The molecule has 7 nitrogen and oxygen atoms in total. The fraction of sp³-hybridized carbons (Fsp3) is 0.120. The fourth-order valence-corrected chi connectivity index (χ4v) is 4.25. The normalized spacial score (nSPS) is 11.0. The summed E-state index contributed by atoms with van der Waals surface area (Å²) in [6.45, 7) is 3.92. The minimum absolute atomic E-state index is 0.0663. The Morgan fingerprint density at radius 1 is 1.03 bits per heavy atom. The lowest BCUT2D eigenvalue weighted by molar-refractivity contribution is -0.118. The molecule has 1 amide bonds. The standard InChI is InChI=1S/C25H21N5O2S/c1-16-8-10-21(17(2)13-16)32-15-24(31)26-19-6-3-5-18(14-19)20-9-11-23-27-28-25(30(23)29-20)22-7-4-12-33-22/h3-14H,15H2,1-2H3,(H,26,31). The number of aryl methyl sites for hydroxylation is 2. The summed E-state index contributed by atoms with van der Waals surface area (Å²) < 4.78 is 7.43. The van der Waals surface area contributed by atoms with E-state index in [2.05, 4.69) is 15.5 Å². The highest BCUT2D eigenvalue weighted by molar-refractivity contribution is 7.13. The van der Waals surface area contributed by atoms with Gasteiger partial charge in [0.2, 0.25) is 0 Å². The van der Waals surface area contributed by atoms with E-state index < -0.39 is 0 Å². The molecule has 164 valence electrons. The maximum atomic E-state index is 12.5. The maximum Gasteiger partial charge on any atom is 0.262 e. The highest BCUT2D eigenvalue weighted by atomic mass is 32.1. The van der Waals surface area contributed by atoms with Crippen LogP contribution in [0.1, 0.15) is 11.1 Å². The van der Waals surface area contributed by atoms with Crippen molar-refractivity contribution in [1.29, 1.82) is 0 Å². The van der Waals surface area contributed by atoms with Gasteiger partial charge in [0.15, 0.2) is 18.1 Å². The summed E-state index contributed by atoms with van der Waals surface area (Å²) in [5.74, 6) is 1.18. The number of rotatable bonds is 6. The van der Waals surface area contributed by atoms with Gasteiger partial charge in [0.05, 0.1) is 10.6 Å². The molecule has 0 radical (unpaired) electrons. The van der Waals surface area contributed by atoms with Gasteiger partial charge < -0.3 is 10.1 Å². The number of anilines is 1. The van der Waals surface area contributed by atoms with Crippen LogP contribution in [0.5, 0.6) is 5.75 Å². The van der Waals surface area contributed by atoms with E-state index in [9.17, 15) is 4.79 Å². The highest BCUT2D eigenvalue weighted by Gasteiger charge is 2.12. The molecule has 0 fully saturated rings. The molecule has 2 aromatic carbocycles. The van der Waals surface area contributed by atoms with E-state index in [1.807, 2.05) is 86.0 Å². The van der Waals surface area contributed by atoms with Crippen molar-refractivity contribution in [2.24, 2.45) is 0 Å². The summed E-state index contributed by atoms with van der Waals surface area (Å²) in [5, 5.41) is 18.1. The lowest BCUT2D eigenvalue weighted by Crippen LogP contribution is -2.20. The molecule has 0 aliphatic rings. The predicted octanol–water partition coefficient (Wildman–Crippen LogP) is 5.15. The molecule has 0 saturated heterocycles. The van der Waals surface area contributed by atoms with Crippen molar-refractivity contribution < 1.29 is 9.53 Å². The molecule has 0 spiro atoms. The van der Waals surface area contributed by atoms with E-state index in [1.165, 1.54) is 0 Å². The van der Waals surface area contributed by atoms with Crippen LogP contribution in [0.4, 0.5) is 5.69 Å². The van der Waals surface area contributed by atoms with Crippen LogP contribution in [-0.4, -0.2) is 32.3 Å². The predicted molar refractivity (Wildman–Crippen MR) is 130 cm³/mol. The summed E-state index contributed by atoms with van der Waals surface area (Å²) in [4.78, 5) is 13.5. The number of nitrogens with zero attached hydrogens (tertiary/aromatic N) is 4. The van der Waals surface area contributed by atoms with Crippen molar-refractivity contribution in [3.8, 4) is 27.7 Å². The Labute approximate surface area is 194 Å². The third kappa shape index (κ3) is 4.47. The molecule has 3 heterocycles. The lowest BCUT2D eigenvalue weighted by Gasteiger charge is -2.11. The van der Waals surface area contributed by atoms with E-state index in [4.69, 9.17) is 9.84 Å². The molecule has 5 aromatic rings. The number of thiophene rings is 1. The second kappa shape index (κ2) is 8.84. The number of carbonyl (C=O) groups excluding carboxylic acids is 1. The number of hydrogen-bond acceptors (Lipinski definition) is 6. The van der Waals surface area contributed by atoms with Gasteiger partial charge in [-0.1, -0.05) is 35.9 Å². The first-order valence-electron chi connectivity index (χ1n) is 10.4. The van der Waals surface area contributed by atoms with Crippen LogP contribution in [0.2, 0.25) is 0 Å². The van der Waals surface area contributed by atoms with E-state index in [0.717, 1.165) is 27.3 Å². The largest absolute Gasteiger partial charge is 0.483 e. The zero-order valence-electron chi connectivity index (χ0n) is 18.1. The molecular weight excluding hydrogens is 434 g/mol. The lowest BCUT2D eigenvalue weighted by atomic mass is 10.1. The van der Waals surface area contributed by atoms with Crippen molar-refractivity contribution in [2.45, 2.75) is 13.8 Å². The molecule has 0 aliphatic carbocycles. The van der Waals surface area contributed by atoms with Gasteiger partial charge in [-0.25, -0.2) is 0 Å². The van der Waals surface area contributed by atoms with Gasteiger partial charge in [0.25, 0.3) is 5.91 Å². The number of benzene rings is 2. The van der Waals surface area contributed by atoms with Gasteiger partial charge in [-0.2, -0.15) is 9.61 Å². The third-order valence-electron chi connectivity index (χ3n) is 5.14. The van der Waals surface area contributed by atoms with Crippen LogP contribution in [0.15, 0.2) is 72.1 Å². The first kappa shape index (κ1) is 20.8. The smallest absolute Gasteiger partial charge is 0.262 e. The Hall–Kier alpha value is -4.04. The molecule has 0 aliphatic heterocycles. The van der Waals surface area contributed by atoms with Gasteiger partial charge in [-0.3, -0.25) is 4.79 Å². The molecule has 8 heteroatoms. The van der Waals surface area contributed by atoms with Crippen LogP contribution in [0, 0.1) is 13.8 Å². The second-order valence-electron chi connectivity index (χ2n) is 7.68. The van der Waals surface area contributed by atoms with Crippen molar-refractivity contribution in [1.82, 2.24) is 19.8 Å². The summed E-state index contributed by atoms with van der Waals surface area (Å²) >= 11 is 1.59. The molecule has 3 aromatic heterocycles. The van der Waals surface area contributed by atoms with Crippen molar-refractivity contribution in [3.63, 3.8) is 0 Å². The van der Waals surface area contributed by atoms with Crippen LogP contribution in [-0.2, 0) is 4.79 Å². The number of ether oxygens (including phenoxy) is 1. The molecular formula is C25H21N5O2S. The Bertz CT molecular complexity index is 1440. The Morgan fingerprint density at radius 3 is 2.76 bits per heavy atom. The minimum Gasteiger partial charge on any atom is -0.483 e. The van der Waals surface area contributed by atoms with Gasteiger partial charge in [-0.05, 0) is 61.2 Å². The van der Waals surface area contributed by atoms with Crippen molar-refractivity contribution in [2.75, 3.05) is 11.9 Å².